The highest BCUT2D eigenvalue weighted by Crippen LogP contribution is 2.60. The van der Waals surface area contributed by atoms with Gasteiger partial charge in [-0.3, -0.25) is 4.57 Å². The van der Waals surface area contributed by atoms with Crippen LogP contribution >= 0.6 is 22.6 Å². The molecule has 4 aromatic carbocycles. The van der Waals surface area contributed by atoms with Gasteiger partial charge in [0.2, 0.25) is 0 Å². The molecule has 0 saturated heterocycles. The Bertz CT molecular complexity index is 1500. The van der Waals surface area contributed by atoms with Gasteiger partial charge in [-0.1, -0.05) is 54.6 Å². The summed E-state index contributed by atoms with van der Waals surface area (Å²) in [5.74, 6) is 2.82. The Morgan fingerprint density at radius 3 is 2.40 bits per heavy atom. The Morgan fingerprint density at radius 2 is 1.47 bits per heavy atom. The fourth-order valence-corrected chi connectivity index (χ4v) is 6.09. The number of benzene rings is 4. The van der Waals surface area contributed by atoms with Gasteiger partial charge in [0.25, 0.3) is 0 Å². The summed E-state index contributed by atoms with van der Waals surface area (Å²) in [4.78, 5) is 5.23. The molecule has 5 aromatic rings. The zero-order valence-corrected chi connectivity index (χ0v) is 18.0. The van der Waals surface area contributed by atoms with Crippen LogP contribution in [0.15, 0.2) is 91.0 Å². The SMILES string of the molecule is Ic1cccc2c1C1(c3ccccc3O2)c2ccccc2-n2c1nc1ccccc12. The molecule has 0 saturated carbocycles. The molecule has 2 aliphatic heterocycles. The molecule has 1 spiro atoms. The second-order valence-corrected chi connectivity index (χ2v) is 8.90. The van der Waals surface area contributed by atoms with Gasteiger partial charge in [0.05, 0.1) is 16.7 Å². The lowest BCUT2D eigenvalue weighted by atomic mass is 9.68. The van der Waals surface area contributed by atoms with Gasteiger partial charge in [0.15, 0.2) is 0 Å². The number of para-hydroxylation sites is 4. The molecule has 4 heteroatoms. The van der Waals surface area contributed by atoms with Crippen LogP contribution in [0.2, 0.25) is 0 Å². The van der Waals surface area contributed by atoms with Gasteiger partial charge >= 0.3 is 0 Å². The zero-order valence-electron chi connectivity index (χ0n) is 15.8. The van der Waals surface area contributed by atoms with E-state index >= 15 is 0 Å². The first-order valence-electron chi connectivity index (χ1n) is 9.94. The summed E-state index contributed by atoms with van der Waals surface area (Å²) < 4.78 is 9.92. The molecule has 3 heterocycles. The van der Waals surface area contributed by atoms with Crippen molar-refractivity contribution in [2.75, 3.05) is 0 Å². The molecule has 1 aromatic heterocycles. The maximum absolute atomic E-state index is 6.41. The molecule has 1 unspecified atom stereocenters. The molecular formula is C26H15IN2O. The number of halogens is 1. The summed E-state index contributed by atoms with van der Waals surface area (Å²) in [5.41, 5.74) is 6.38. The minimum atomic E-state index is -0.516. The van der Waals surface area contributed by atoms with Gasteiger partial charge in [-0.05, 0) is 64.6 Å². The number of imidazole rings is 1. The maximum atomic E-state index is 6.41. The fraction of sp³-hybridized carbons (Fsp3) is 0.0385. The van der Waals surface area contributed by atoms with Crippen LogP contribution in [0.5, 0.6) is 11.5 Å². The number of ether oxygens (including phenoxy) is 1. The van der Waals surface area contributed by atoms with Crippen molar-refractivity contribution in [2.45, 2.75) is 5.41 Å². The van der Waals surface area contributed by atoms with Gasteiger partial charge in [0.1, 0.15) is 22.7 Å². The normalized spacial score (nSPS) is 17.9. The molecule has 142 valence electrons. The summed E-state index contributed by atoms with van der Waals surface area (Å²) in [6.07, 6.45) is 0. The van der Waals surface area contributed by atoms with Gasteiger partial charge < -0.3 is 4.74 Å². The van der Waals surface area contributed by atoms with Gasteiger partial charge in [-0.15, -0.1) is 0 Å². The van der Waals surface area contributed by atoms with Crippen molar-refractivity contribution in [3.8, 4) is 17.2 Å². The predicted octanol–water partition coefficient (Wildman–Crippen LogP) is 6.43. The summed E-state index contributed by atoms with van der Waals surface area (Å²) in [5, 5.41) is 0. The molecule has 30 heavy (non-hydrogen) atoms. The first-order valence-corrected chi connectivity index (χ1v) is 11.0. The first kappa shape index (κ1) is 16.7. The first-order chi connectivity index (χ1) is 14.8. The standard InChI is InChI=1S/C26H15IN2O/c27-18-10-7-15-23-24(18)26(17-9-2-6-14-22(17)30-23)16-8-1-4-12-20(16)29-21-13-5-3-11-19(21)28-25(26)29/h1-15H. The van der Waals surface area contributed by atoms with Crippen LogP contribution in [-0.2, 0) is 5.41 Å². The van der Waals surface area contributed by atoms with Crippen molar-refractivity contribution in [3.63, 3.8) is 0 Å². The van der Waals surface area contributed by atoms with Crippen molar-refractivity contribution in [3.05, 3.63) is 117 Å². The average Bonchev–Trinajstić information content (AvgIpc) is 3.29. The highest BCUT2D eigenvalue weighted by atomic mass is 127. The predicted molar refractivity (Wildman–Crippen MR) is 126 cm³/mol. The van der Waals surface area contributed by atoms with Crippen molar-refractivity contribution >= 4 is 33.6 Å². The second kappa shape index (κ2) is 5.73. The molecule has 3 nitrogen and oxygen atoms in total. The summed E-state index contributed by atoms with van der Waals surface area (Å²) in [6, 6.07) is 31.8. The van der Waals surface area contributed by atoms with Crippen molar-refractivity contribution in [1.29, 1.82) is 0 Å². The molecule has 0 amide bonds. The van der Waals surface area contributed by atoms with Crippen molar-refractivity contribution in [2.24, 2.45) is 0 Å². The molecule has 0 radical (unpaired) electrons. The number of nitrogens with zero attached hydrogens (tertiary/aromatic N) is 2. The van der Waals surface area contributed by atoms with Gasteiger partial charge in [0, 0.05) is 14.7 Å². The maximum Gasteiger partial charge on any atom is 0.134 e. The summed E-state index contributed by atoms with van der Waals surface area (Å²) in [6.45, 7) is 0. The van der Waals surface area contributed by atoms with Crippen molar-refractivity contribution < 1.29 is 4.74 Å². The van der Waals surface area contributed by atoms with E-state index in [-0.39, 0.29) is 0 Å². The Morgan fingerprint density at radius 1 is 0.733 bits per heavy atom. The molecule has 0 bridgehead atoms. The largest absolute Gasteiger partial charge is 0.457 e. The molecule has 7 rings (SSSR count). The smallest absolute Gasteiger partial charge is 0.134 e. The zero-order chi connectivity index (χ0) is 19.9. The summed E-state index contributed by atoms with van der Waals surface area (Å²) in [7, 11) is 0. The van der Waals surface area contributed by atoms with Crippen molar-refractivity contribution in [1.82, 2.24) is 9.55 Å². The molecule has 0 N–H and O–H groups in total. The lowest BCUT2D eigenvalue weighted by molar-refractivity contribution is 0.431. The Labute approximate surface area is 187 Å². The van der Waals surface area contributed by atoms with E-state index in [0.29, 0.717) is 0 Å². The molecule has 0 fully saturated rings. The number of rotatable bonds is 0. The van der Waals surface area contributed by atoms with Crippen LogP contribution in [-0.4, -0.2) is 9.55 Å². The topological polar surface area (TPSA) is 27.1 Å². The van der Waals surface area contributed by atoms with E-state index in [1.807, 2.05) is 6.07 Å². The third-order valence-corrected chi connectivity index (χ3v) is 7.21. The van der Waals surface area contributed by atoms with E-state index in [2.05, 4.69) is 112 Å². The van der Waals surface area contributed by atoms with E-state index in [0.717, 1.165) is 33.9 Å². The summed E-state index contributed by atoms with van der Waals surface area (Å²) >= 11 is 2.44. The van der Waals surface area contributed by atoms with E-state index in [1.165, 1.54) is 20.4 Å². The van der Waals surface area contributed by atoms with Crippen LogP contribution in [0.1, 0.15) is 22.5 Å². The minimum absolute atomic E-state index is 0.516. The average molecular weight is 498 g/mol. The highest BCUT2D eigenvalue weighted by Gasteiger charge is 2.54. The third-order valence-electron chi connectivity index (χ3n) is 6.31. The van der Waals surface area contributed by atoms with Crippen LogP contribution in [0.4, 0.5) is 0 Å². The number of hydrogen-bond donors (Lipinski definition) is 0. The number of fused-ring (bicyclic) bond motifs is 11. The monoisotopic (exact) mass is 498 g/mol. The Kier molecular flexibility index (Phi) is 3.18. The minimum Gasteiger partial charge on any atom is -0.457 e. The highest BCUT2D eigenvalue weighted by molar-refractivity contribution is 14.1. The van der Waals surface area contributed by atoms with Crippen LogP contribution in [0, 0.1) is 3.57 Å². The molecule has 2 aliphatic rings. The van der Waals surface area contributed by atoms with E-state index in [9.17, 15) is 0 Å². The molecular weight excluding hydrogens is 483 g/mol. The van der Waals surface area contributed by atoms with E-state index in [4.69, 9.17) is 9.72 Å². The number of aromatic nitrogens is 2. The second-order valence-electron chi connectivity index (χ2n) is 7.74. The Hall–Kier alpha value is -3.12. The van der Waals surface area contributed by atoms with E-state index in [1.54, 1.807) is 0 Å². The molecule has 0 aliphatic carbocycles. The fourth-order valence-electron chi connectivity index (χ4n) is 5.21. The quantitative estimate of drug-likeness (QED) is 0.225. The van der Waals surface area contributed by atoms with Crippen LogP contribution in [0.3, 0.4) is 0 Å². The van der Waals surface area contributed by atoms with Gasteiger partial charge in [-0.2, -0.15) is 0 Å². The van der Waals surface area contributed by atoms with E-state index < -0.39 is 5.41 Å². The van der Waals surface area contributed by atoms with Gasteiger partial charge in [-0.25, -0.2) is 4.98 Å². The third kappa shape index (κ3) is 1.84. The Balaban J connectivity index is 1.77. The lowest BCUT2D eigenvalue weighted by Gasteiger charge is -2.37. The van der Waals surface area contributed by atoms with Crippen LogP contribution in [0.25, 0.3) is 16.7 Å². The lowest BCUT2D eigenvalue weighted by Crippen LogP contribution is -2.34. The van der Waals surface area contributed by atoms with Crippen LogP contribution < -0.4 is 4.74 Å². The number of hydrogen-bond acceptors (Lipinski definition) is 2. The molecule has 1 atom stereocenters.